The Morgan fingerprint density at radius 1 is 1.21 bits per heavy atom. The molecule has 13 nitrogen and oxygen atoms in total. The molecule has 3 aliphatic heterocycles. The molecule has 0 spiro atoms. The largest absolute Gasteiger partial charge is 0.460 e. The molecule has 2 amide bonds. The highest BCUT2D eigenvalue weighted by Crippen LogP contribution is 2.55. The second kappa shape index (κ2) is 12.9. The molecule has 3 heterocycles. The maximum absolute atomic E-state index is 14.0. The lowest BCUT2D eigenvalue weighted by Crippen LogP contribution is -2.69. The van der Waals surface area contributed by atoms with E-state index in [1.807, 2.05) is 24.3 Å². The van der Waals surface area contributed by atoms with Gasteiger partial charge in [-0.05, 0) is 67.5 Å². The molecule has 4 aliphatic rings. The summed E-state index contributed by atoms with van der Waals surface area (Å²) in [6, 6.07) is 6.10. The summed E-state index contributed by atoms with van der Waals surface area (Å²) in [5.74, 6) is -1.82. The molecule has 43 heavy (non-hydrogen) atoms. The molecule has 7 atom stereocenters. The fourth-order valence-electron chi connectivity index (χ4n) is 6.30. The van der Waals surface area contributed by atoms with Crippen LogP contribution in [0.5, 0.6) is 0 Å². The molecule has 4 fully saturated rings. The van der Waals surface area contributed by atoms with Gasteiger partial charge in [0, 0.05) is 29.4 Å². The zero-order valence-corrected chi connectivity index (χ0v) is 26.5. The SMILES string of the molecule is CC(C)(C)OC(=O)CCC(CO)NC(=O)CCNC(=O)C12CC3OC(=O)C1N(Cc1cccc(I)c1)OC2C1OCOC31. The van der Waals surface area contributed by atoms with Gasteiger partial charge in [0.1, 0.15) is 42.2 Å². The number of hydrogen-bond acceptors (Lipinski definition) is 11. The fraction of sp³-hybridized carbons (Fsp3) is 0.655. The zero-order valence-electron chi connectivity index (χ0n) is 24.4. The molecule has 7 unspecified atom stereocenters. The average molecular weight is 716 g/mol. The number of ether oxygens (including phenoxy) is 4. The molecule has 1 aromatic rings. The molecule has 0 aromatic heterocycles. The third-order valence-electron chi connectivity index (χ3n) is 8.06. The zero-order chi connectivity index (χ0) is 30.9. The first-order chi connectivity index (χ1) is 20.4. The van der Waals surface area contributed by atoms with Crippen LogP contribution in [0, 0.1) is 8.99 Å². The third-order valence-corrected chi connectivity index (χ3v) is 8.73. The van der Waals surface area contributed by atoms with Crippen molar-refractivity contribution in [3.63, 3.8) is 0 Å². The van der Waals surface area contributed by atoms with E-state index in [1.54, 1.807) is 20.8 Å². The molecular weight excluding hydrogens is 677 g/mol. The molecule has 1 saturated carbocycles. The highest BCUT2D eigenvalue weighted by atomic mass is 127. The van der Waals surface area contributed by atoms with E-state index in [1.165, 1.54) is 5.06 Å². The number of carbonyl (C=O) groups excluding carboxylic acids is 4. The molecule has 3 N–H and O–H groups in total. The van der Waals surface area contributed by atoms with Crippen LogP contribution in [0.25, 0.3) is 0 Å². The summed E-state index contributed by atoms with van der Waals surface area (Å²) >= 11 is 2.21. The Morgan fingerprint density at radius 3 is 2.70 bits per heavy atom. The van der Waals surface area contributed by atoms with Gasteiger partial charge < -0.3 is 34.7 Å². The fourth-order valence-corrected chi connectivity index (χ4v) is 6.90. The molecule has 2 bridgehead atoms. The van der Waals surface area contributed by atoms with Gasteiger partial charge in [-0.2, -0.15) is 5.06 Å². The summed E-state index contributed by atoms with van der Waals surface area (Å²) in [5, 5.41) is 16.7. The van der Waals surface area contributed by atoms with Gasteiger partial charge in [-0.15, -0.1) is 0 Å². The summed E-state index contributed by atoms with van der Waals surface area (Å²) in [4.78, 5) is 58.4. The topological polar surface area (TPSA) is 162 Å². The number of hydroxylamine groups is 2. The number of esters is 2. The van der Waals surface area contributed by atoms with E-state index in [-0.39, 0.29) is 52.2 Å². The first-order valence-electron chi connectivity index (χ1n) is 14.4. The maximum atomic E-state index is 14.0. The minimum atomic E-state index is -1.31. The Labute approximate surface area is 263 Å². The summed E-state index contributed by atoms with van der Waals surface area (Å²) in [6.45, 7) is 5.17. The number of fused-ring (bicyclic) bond motifs is 4. The number of rotatable bonds is 11. The van der Waals surface area contributed by atoms with Crippen molar-refractivity contribution in [1.82, 2.24) is 15.7 Å². The third kappa shape index (κ3) is 6.83. The molecule has 5 rings (SSSR count). The molecule has 0 radical (unpaired) electrons. The van der Waals surface area contributed by atoms with Crippen LogP contribution in [0.3, 0.4) is 0 Å². The van der Waals surface area contributed by atoms with Gasteiger partial charge in [0.2, 0.25) is 11.8 Å². The Morgan fingerprint density at radius 2 is 1.98 bits per heavy atom. The van der Waals surface area contributed by atoms with E-state index in [9.17, 15) is 24.3 Å². The van der Waals surface area contributed by atoms with Crippen LogP contribution in [0.1, 0.15) is 52.0 Å². The van der Waals surface area contributed by atoms with Crippen molar-refractivity contribution in [1.29, 1.82) is 0 Å². The lowest BCUT2D eigenvalue weighted by molar-refractivity contribution is -0.201. The van der Waals surface area contributed by atoms with Gasteiger partial charge in [0.05, 0.1) is 19.2 Å². The molecule has 1 aliphatic carbocycles. The summed E-state index contributed by atoms with van der Waals surface area (Å²) in [5.41, 5.74) is -1.04. The van der Waals surface area contributed by atoms with Crippen molar-refractivity contribution in [3.05, 3.63) is 33.4 Å². The maximum Gasteiger partial charge on any atom is 0.327 e. The number of halogens is 1. The quantitative estimate of drug-likeness (QED) is 0.221. The van der Waals surface area contributed by atoms with Crippen LogP contribution in [-0.4, -0.2) is 96.0 Å². The lowest BCUT2D eigenvalue weighted by atomic mass is 9.62. The predicted molar refractivity (Wildman–Crippen MR) is 157 cm³/mol. The van der Waals surface area contributed by atoms with E-state index in [2.05, 4.69) is 33.2 Å². The van der Waals surface area contributed by atoms with Crippen molar-refractivity contribution in [2.75, 3.05) is 19.9 Å². The van der Waals surface area contributed by atoms with E-state index < -0.39 is 71.3 Å². The number of aliphatic hydroxyl groups excluding tert-OH is 1. The Kier molecular flexibility index (Phi) is 9.63. The second-order valence-electron chi connectivity index (χ2n) is 12.3. The van der Waals surface area contributed by atoms with Crippen LogP contribution in [-0.2, 0) is 49.5 Å². The van der Waals surface area contributed by atoms with Crippen LogP contribution in [0.2, 0.25) is 0 Å². The summed E-state index contributed by atoms with van der Waals surface area (Å²) in [6.07, 6.45) is -2.26. The number of amides is 2. The first kappa shape index (κ1) is 32.0. The van der Waals surface area contributed by atoms with E-state index in [0.29, 0.717) is 0 Å². The van der Waals surface area contributed by atoms with E-state index >= 15 is 0 Å². The van der Waals surface area contributed by atoms with E-state index in [0.717, 1.165) is 9.13 Å². The van der Waals surface area contributed by atoms with Crippen LogP contribution >= 0.6 is 22.6 Å². The number of carbonyl (C=O) groups is 4. The van der Waals surface area contributed by atoms with Crippen LogP contribution in [0.4, 0.5) is 0 Å². The Hall–Kier alpha value is -2.37. The standard InChI is InChI=1S/C29H38IN3O10/c1-28(2,3)42-21(36)8-7-18(14-34)32-20(35)9-10-31-27(38)29-12-19-22-23(40-15-39-22)25(29)43-33(24(29)26(37)41-19)13-16-5-4-6-17(30)11-16/h4-6,11,18-19,22-25,34H,7-10,12-15H2,1-3H3,(H,31,38)(H,32,35). The number of nitrogens with one attached hydrogen (secondary N) is 2. The Balaban J connectivity index is 1.23. The second-order valence-corrected chi connectivity index (χ2v) is 13.6. The van der Waals surface area contributed by atoms with Gasteiger partial charge in [-0.3, -0.25) is 24.0 Å². The molecular formula is C29H38IN3O10. The van der Waals surface area contributed by atoms with Gasteiger partial charge >= 0.3 is 11.9 Å². The van der Waals surface area contributed by atoms with Gasteiger partial charge in [0.15, 0.2) is 6.04 Å². The molecule has 1 aromatic carbocycles. The minimum Gasteiger partial charge on any atom is -0.460 e. The van der Waals surface area contributed by atoms with Crippen molar-refractivity contribution in [2.24, 2.45) is 5.41 Å². The normalized spacial score (nSPS) is 30.3. The van der Waals surface area contributed by atoms with Crippen molar-refractivity contribution < 1.29 is 48.1 Å². The van der Waals surface area contributed by atoms with Crippen LogP contribution in [0.15, 0.2) is 24.3 Å². The molecule has 3 saturated heterocycles. The first-order valence-corrected chi connectivity index (χ1v) is 15.5. The van der Waals surface area contributed by atoms with Crippen LogP contribution < -0.4 is 10.6 Å². The highest BCUT2D eigenvalue weighted by molar-refractivity contribution is 14.1. The smallest absolute Gasteiger partial charge is 0.327 e. The van der Waals surface area contributed by atoms with Crippen molar-refractivity contribution >= 4 is 46.3 Å². The highest BCUT2D eigenvalue weighted by Gasteiger charge is 2.74. The minimum absolute atomic E-state index is 0.00259. The number of nitrogens with zero attached hydrogens (tertiary/aromatic N) is 1. The Bertz CT molecular complexity index is 1240. The average Bonchev–Trinajstić information content (AvgIpc) is 3.55. The lowest BCUT2D eigenvalue weighted by Gasteiger charge is -2.48. The van der Waals surface area contributed by atoms with Gasteiger partial charge in [-0.1, -0.05) is 12.1 Å². The number of benzene rings is 1. The van der Waals surface area contributed by atoms with Crippen molar-refractivity contribution in [3.8, 4) is 0 Å². The van der Waals surface area contributed by atoms with Gasteiger partial charge in [0.25, 0.3) is 0 Å². The summed E-state index contributed by atoms with van der Waals surface area (Å²) < 4.78 is 23.6. The van der Waals surface area contributed by atoms with E-state index in [4.69, 9.17) is 23.8 Å². The number of hydrogen-bond donors (Lipinski definition) is 3. The summed E-state index contributed by atoms with van der Waals surface area (Å²) in [7, 11) is 0. The molecule has 236 valence electrons. The number of aliphatic hydroxyl groups is 1. The monoisotopic (exact) mass is 715 g/mol. The predicted octanol–water partition coefficient (Wildman–Crippen LogP) is 0.938. The van der Waals surface area contributed by atoms with Gasteiger partial charge in [-0.25, -0.2) is 0 Å². The molecule has 14 heteroatoms. The van der Waals surface area contributed by atoms with Crippen molar-refractivity contribution in [2.45, 2.75) is 95.1 Å².